The van der Waals surface area contributed by atoms with Crippen LogP contribution >= 0.6 is 11.7 Å². The van der Waals surface area contributed by atoms with Gasteiger partial charge in [0.1, 0.15) is 15.9 Å². The van der Waals surface area contributed by atoms with Gasteiger partial charge in [-0.1, -0.05) is 6.07 Å². The number of nitrogens with zero attached hydrogens (tertiary/aromatic N) is 2. The summed E-state index contributed by atoms with van der Waals surface area (Å²) < 4.78 is 35.8. The van der Waals surface area contributed by atoms with Crippen LogP contribution in [-0.2, 0) is 10.0 Å². The van der Waals surface area contributed by atoms with E-state index in [9.17, 15) is 8.42 Å². The van der Waals surface area contributed by atoms with E-state index < -0.39 is 10.0 Å². The first kappa shape index (κ1) is 16.8. The van der Waals surface area contributed by atoms with E-state index in [0.29, 0.717) is 17.6 Å². The van der Waals surface area contributed by atoms with Crippen LogP contribution in [0.25, 0.3) is 11.0 Å². The van der Waals surface area contributed by atoms with Crippen LogP contribution in [-0.4, -0.2) is 43.3 Å². The van der Waals surface area contributed by atoms with Crippen LogP contribution in [0, 0.1) is 0 Å². The van der Waals surface area contributed by atoms with E-state index in [4.69, 9.17) is 0 Å². The Morgan fingerprint density at radius 1 is 1.13 bits per heavy atom. The minimum Gasteiger partial charge on any atom is -0.335 e. The first-order valence-electron chi connectivity index (χ1n) is 8.21. The van der Waals surface area contributed by atoms with Crippen LogP contribution in [0.1, 0.15) is 32.1 Å². The Labute approximate surface area is 141 Å². The summed E-state index contributed by atoms with van der Waals surface area (Å²) in [5.41, 5.74) is 1.09. The fourth-order valence-electron chi connectivity index (χ4n) is 3.10. The van der Waals surface area contributed by atoms with Crippen LogP contribution in [0.4, 0.5) is 0 Å². The highest BCUT2D eigenvalue weighted by Crippen LogP contribution is 2.20. The number of rotatable bonds is 6. The topological polar surface area (TPSA) is 76.4 Å². The summed E-state index contributed by atoms with van der Waals surface area (Å²) in [5, 5.41) is 0. The van der Waals surface area contributed by atoms with Crippen molar-refractivity contribution in [2.75, 3.05) is 26.2 Å². The fraction of sp³-hybridized carbons (Fsp3) is 0.600. The Kier molecular flexibility index (Phi) is 5.58. The SMILES string of the molecule is O=S(=O)(NCCC[NH+]1CCCCCC1)c1cccc2nsnc12. The lowest BCUT2D eigenvalue weighted by Gasteiger charge is -2.16. The molecule has 0 saturated carbocycles. The highest BCUT2D eigenvalue weighted by Gasteiger charge is 2.19. The second-order valence-electron chi connectivity index (χ2n) is 6.05. The number of likely N-dealkylation sites (tertiary alicyclic amines) is 1. The molecule has 1 aliphatic heterocycles. The van der Waals surface area contributed by atoms with Gasteiger partial charge >= 0.3 is 0 Å². The smallest absolute Gasteiger partial charge is 0.242 e. The molecule has 0 atom stereocenters. The summed E-state index contributed by atoms with van der Waals surface area (Å²) in [4.78, 5) is 1.83. The van der Waals surface area contributed by atoms with Crippen LogP contribution in [0.5, 0.6) is 0 Å². The predicted molar refractivity (Wildman–Crippen MR) is 91.3 cm³/mol. The highest BCUT2D eigenvalue weighted by molar-refractivity contribution is 7.89. The van der Waals surface area contributed by atoms with Crippen molar-refractivity contribution < 1.29 is 13.3 Å². The number of sulfonamides is 1. The molecule has 2 heterocycles. The van der Waals surface area contributed by atoms with Crippen molar-refractivity contribution in [1.29, 1.82) is 0 Å². The maximum atomic E-state index is 12.5. The van der Waals surface area contributed by atoms with Gasteiger partial charge < -0.3 is 4.90 Å². The maximum absolute atomic E-state index is 12.5. The number of aromatic nitrogens is 2. The van der Waals surface area contributed by atoms with E-state index in [0.717, 1.165) is 24.7 Å². The maximum Gasteiger partial charge on any atom is 0.242 e. The lowest BCUT2D eigenvalue weighted by Crippen LogP contribution is -3.11. The Hall–Kier alpha value is -1.09. The van der Waals surface area contributed by atoms with E-state index in [1.54, 1.807) is 23.1 Å². The average molecular weight is 356 g/mol. The van der Waals surface area contributed by atoms with Gasteiger partial charge in [-0.25, -0.2) is 13.1 Å². The summed E-state index contributed by atoms with van der Waals surface area (Å²) in [5.74, 6) is 0. The van der Waals surface area contributed by atoms with Crippen LogP contribution < -0.4 is 9.62 Å². The van der Waals surface area contributed by atoms with Crippen LogP contribution in [0.2, 0.25) is 0 Å². The van der Waals surface area contributed by atoms with Gasteiger partial charge in [0.25, 0.3) is 0 Å². The molecule has 3 rings (SSSR count). The summed E-state index contributed by atoms with van der Waals surface area (Å²) in [6, 6.07) is 5.08. The van der Waals surface area contributed by atoms with Crippen molar-refractivity contribution in [2.45, 2.75) is 37.0 Å². The molecule has 8 heteroatoms. The number of hydrogen-bond donors (Lipinski definition) is 2. The van der Waals surface area contributed by atoms with E-state index in [2.05, 4.69) is 13.5 Å². The molecule has 1 aromatic carbocycles. The number of hydrogen-bond acceptors (Lipinski definition) is 5. The third-order valence-corrected chi connectivity index (χ3v) is 6.38. The van der Waals surface area contributed by atoms with Gasteiger partial charge in [0.05, 0.1) is 31.4 Å². The first-order chi connectivity index (χ1) is 11.2. The van der Waals surface area contributed by atoms with Crippen molar-refractivity contribution in [2.24, 2.45) is 0 Å². The second-order valence-corrected chi connectivity index (χ2v) is 8.32. The Morgan fingerprint density at radius 2 is 1.91 bits per heavy atom. The van der Waals surface area contributed by atoms with Gasteiger partial charge in [-0.3, -0.25) is 0 Å². The first-order valence-corrected chi connectivity index (χ1v) is 10.4. The van der Waals surface area contributed by atoms with E-state index >= 15 is 0 Å². The summed E-state index contributed by atoms with van der Waals surface area (Å²) >= 11 is 1.04. The quantitative estimate of drug-likeness (QED) is 0.752. The van der Waals surface area contributed by atoms with Gasteiger partial charge in [-0.05, 0) is 37.8 Å². The van der Waals surface area contributed by atoms with Crippen LogP contribution in [0.3, 0.4) is 0 Å². The molecule has 0 amide bonds. The zero-order valence-electron chi connectivity index (χ0n) is 13.1. The van der Waals surface area contributed by atoms with Crippen molar-refractivity contribution >= 4 is 32.8 Å². The predicted octanol–water partition coefficient (Wildman–Crippen LogP) is 0.819. The molecule has 1 fully saturated rings. The number of quaternary nitrogens is 1. The van der Waals surface area contributed by atoms with Gasteiger partial charge in [-0.2, -0.15) is 8.75 Å². The molecule has 0 bridgehead atoms. The number of benzene rings is 1. The molecule has 1 saturated heterocycles. The molecule has 0 radical (unpaired) electrons. The van der Waals surface area contributed by atoms with Crippen molar-refractivity contribution in [1.82, 2.24) is 13.5 Å². The lowest BCUT2D eigenvalue weighted by atomic mass is 10.2. The summed E-state index contributed by atoms with van der Waals surface area (Å²) in [6.45, 7) is 3.94. The summed E-state index contributed by atoms with van der Waals surface area (Å²) in [6.07, 6.45) is 6.11. The lowest BCUT2D eigenvalue weighted by molar-refractivity contribution is -0.899. The van der Waals surface area contributed by atoms with Crippen molar-refractivity contribution in [3.8, 4) is 0 Å². The van der Waals surface area contributed by atoms with Gasteiger partial charge in [0.15, 0.2) is 0 Å². The Morgan fingerprint density at radius 3 is 2.70 bits per heavy atom. The third kappa shape index (κ3) is 4.26. The Bertz CT molecular complexity index is 737. The van der Waals surface area contributed by atoms with E-state index in [-0.39, 0.29) is 4.90 Å². The van der Waals surface area contributed by atoms with Gasteiger partial charge in [-0.15, -0.1) is 0 Å². The molecule has 2 aromatic rings. The molecule has 126 valence electrons. The molecular formula is C15H23N4O2S2+. The molecular weight excluding hydrogens is 332 g/mol. The summed E-state index contributed by atoms with van der Waals surface area (Å²) in [7, 11) is -3.52. The zero-order chi connectivity index (χ0) is 16.1. The van der Waals surface area contributed by atoms with Crippen LogP contribution in [0.15, 0.2) is 23.1 Å². The van der Waals surface area contributed by atoms with Crippen molar-refractivity contribution in [3.05, 3.63) is 18.2 Å². The molecule has 0 aliphatic carbocycles. The fourth-order valence-corrected chi connectivity index (χ4v) is 4.94. The largest absolute Gasteiger partial charge is 0.335 e. The van der Waals surface area contributed by atoms with Gasteiger partial charge in [0.2, 0.25) is 10.0 Å². The number of nitrogens with one attached hydrogen (secondary N) is 2. The molecule has 0 spiro atoms. The normalized spacial score (nSPS) is 17.4. The number of fused-ring (bicyclic) bond motifs is 1. The molecule has 1 aliphatic rings. The van der Waals surface area contributed by atoms with Crippen molar-refractivity contribution in [3.63, 3.8) is 0 Å². The molecule has 6 nitrogen and oxygen atoms in total. The highest BCUT2D eigenvalue weighted by atomic mass is 32.2. The molecule has 23 heavy (non-hydrogen) atoms. The monoisotopic (exact) mass is 355 g/mol. The molecule has 1 aromatic heterocycles. The second kappa shape index (κ2) is 7.65. The van der Waals surface area contributed by atoms with E-state index in [1.165, 1.54) is 38.8 Å². The molecule has 2 N–H and O–H groups in total. The average Bonchev–Trinajstić information content (AvgIpc) is 2.87. The zero-order valence-corrected chi connectivity index (χ0v) is 14.8. The Balaban J connectivity index is 1.55. The van der Waals surface area contributed by atoms with E-state index in [1.807, 2.05) is 0 Å². The molecule has 0 unspecified atom stereocenters. The standard InChI is InChI=1S/C15H22N4O2S2/c20-23(21,14-8-5-7-13-15(14)18-22-17-13)16-9-6-12-19-10-3-1-2-4-11-19/h5,7-8,16H,1-4,6,9-12H2/p+1. The van der Waals surface area contributed by atoms with Gasteiger partial charge in [0, 0.05) is 13.0 Å². The minimum absolute atomic E-state index is 0.228. The third-order valence-electron chi connectivity index (χ3n) is 4.35. The minimum atomic E-state index is -3.52.